The highest BCUT2D eigenvalue weighted by Gasteiger charge is 2.60. The number of nitrogens with zero attached hydrogens (tertiary/aromatic N) is 2. The van der Waals surface area contributed by atoms with Crippen molar-refractivity contribution >= 4 is 34.2 Å². The van der Waals surface area contributed by atoms with Crippen LogP contribution in [-0.4, -0.2) is 33.6 Å². The van der Waals surface area contributed by atoms with E-state index in [1.165, 1.54) is 11.3 Å². The summed E-state index contributed by atoms with van der Waals surface area (Å²) in [6, 6.07) is -0.811. The molecule has 7 heteroatoms. The topological polar surface area (TPSA) is 79.4 Å². The SMILES string of the molecule is C[C@H](C(=O)Nc1nccs1)N1C(=O)[C@@H]2[C@H](C1=O)[C@H]1C=C[C@H]2C1. The lowest BCUT2D eigenvalue weighted by atomic mass is 9.85. The number of nitrogens with one attached hydrogen (secondary N) is 1. The summed E-state index contributed by atoms with van der Waals surface area (Å²) in [5.74, 6) is -0.995. The molecular formula is C15H15N3O3S. The van der Waals surface area contributed by atoms with Crippen LogP contribution in [0.2, 0.25) is 0 Å². The zero-order valence-electron chi connectivity index (χ0n) is 11.9. The number of imide groups is 1. The molecule has 3 aliphatic rings. The van der Waals surface area contributed by atoms with Crippen molar-refractivity contribution in [3.05, 3.63) is 23.7 Å². The number of carbonyl (C=O) groups is 3. The first-order valence-corrected chi connectivity index (χ1v) is 8.21. The zero-order chi connectivity index (χ0) is 15.4. The predicted molar refractivity (Wildman–Crippen MR) is 79.8 cm³/mol. The number of allylic oxidation sites excluding steroid dienone is 2. The van der Waals surface area contributed by atoms with Crippen LogP contribution < -0.4 is 5.32 Å². The molecule has 0 unspecified atom stereocenters. The number of hydrogen-bond acceptors (Lipinski definition) is 5. The molecular weight excluding hydrogens is 302 g/mol. The van der Waals surface area contributed by atoms with Crippen molar-refractivity contribution < 1.29 is 14.4 Å². The van der Waals surface area contributed by atoms with Crippen LogP contribution in [0.1, 0.15) is 13.3 Å². The van der Waals surface area contributed by atoms with Gasteiger partial charge in [0.1, 0.15) is 6.04 Å². The second-order valence-electron chi connectivity index (χ2n) is 6.05. The maximum absolute atomic E-state index is 12.6. The number of aromatic nitrogens is 1. The van der Waals surface area contributed by atoms with Gasteiger partial charge in [0.15, 0.2) is 5.13 Å². The van der Waals surface area contributed by atoms with Gasteiger partial charge in [0.2, 0.25) is 17.7 Å². The van der Waals surface area contributed by atoms with E-state index in [0.29, 0.717) is 5.13 Å². The highest BCUT2D eigenvalue weighted by atomic mass is 32.1. The van der Waals surface area contributed by atoms with Gasteiger partial charge in [-0.15, -0.1) is 11.3 Å². The van der Waals surface area contributed by atoms with E-state index in [-0.39, 0.29) is 41.4 Å². The van der Waals surface area contributed by atoms with Gasteiger partial charge < -0.3 is 5.32 Å². The van der Waals surface area contributed by atoms with Crippen molar-refractivity contribution in [3.63, 3.8) is 0 Å². The van der Waals surface area contributed by atoms with Crippen LogP contribution in [-0.2, 0) is 14.4 Å². The summed E-state index contributed by atoms with van der Waals surface area (Å²) in [5.41, 5.74) is 0. The number of carbonyl (C=O) groups excluding carboxylic acids is 3. The number of fused-ring (bicyclic) bond motifs is 5. The van der Waals surface area contributed by atoms with E-state index in [0.717, 1.165) is 11.3 Å². The van der Waals surface area contributed by atoms with Gasteiger partial charge in [-0.05, 0) is 25.2 Å². The van der Waals surface area contributed by atoms with Crippen molar-refractivity contribution in [1.29, 1.82) is 0 Å². The molecule has 1 aromatic heterocycles. The van der Waals surface area contributed by atoms with Gasteiger partial charge in [0.25, 0.3) is 0 Å². The van der Waals surface area contributed by atoms with Crippen molar-refractivity contribution in [3.8, 4) is 0 Å². The molecule has 1 aromatic rings. The molecule has 0 radical (unpaired) electrons. The summed E-state index contributed by atoms with van der Waals surface area (Å²) in [7, 11) is 0. The van der Waals surface area contributed by atoms with Crippen molar-refractivity contribution in [2.45, 2.75) is 19.4 Å². The van der Waals surface area contributed by atoms with Crippen LogP contribution in [0.5, 0.6) is 0 Å². The van der Waals surface area contributed by atoms with Crippen molar-refractivity contribution in [2.24, 2.45) is 23.7 Å². The summed E-state index contributed by atoms with van der Waals surface area (Å²) in [6.07, 6.45) is 6.56. The quantitative estimate of drug-likeness (QED) is 0.673. The van der Waals surface area contributed by atoms with Crippen molar-refractivity contribution in [1.82, 2.24) is 9.88 Å². The standard InChI is InChI=1S/C15H15N3O3S/c1-7(12(19)17-15-16-4-5-22-15)18-13(20)10-8-2-3-9(6-8)11(10)14(18)21/h2-5,7-11H,6H2,1H3,(H,16,17,19)/t7-,8+,9+,10-,11+/m1/s1. The van der Waals surface area contributed by atoms with E-state index in [1.807, 2.05) is 12.2 Å². The van der Waals surface area contributed by atoms with E-state index >= 15 is 0 Å². The second-order valence-corrected chi connectivity index (χ2v) is 6.94. The Kier molecular flexibility index (Phi) is 2.94. The Labute approximate surface area is 131 Å². The molecule has 1 saturated heterocycles. The molecule has 6 nitrogen and oxygen atoms in total. The van der Waals surface area contributed by atoms with Crippen LogP contribution in [0.25, 0.3) is 0 Å². The fourth-order valence-electron chi connectivity index (χ4n) is 3.92. The molecule has 2 heterocycles. The predicted octanol–water partition coefficient (Wildman–Crippen LogP) is 1.28. The van der Waals surface area contributed by atoms with E-state index in [4.69, 9.17) is 0 Å². The number of likely N-dealkylation sites (tertiary alicyclic amines) is 1. The molecule has 0 aromatic carbocycles. The summed E-state index contributed by atoms with van der Waals surface area (Å²) >= 11 is 1.30. The molecule has 4 rings (SSSR count). The fraction of sp³-hybridized carbons (Fsp3) is 0.467. The third-order valence-electron chi connectivity index (χ3n) is 4.93. The molecule has 2 fully saturated rings. The van der Waals surface area contributed by atoms with Crippen LogP contribution in [0.3, 0.4) is 0 Å². The molecule has 5 atom stereocenters. The molecule has 22 heavy (non-hydrogen) atoms. The molecule has 1 N–H and O–H groups in total. The minimum atomic E-state index is -0.811. The monoisotopic (exact) mass is 317 g/mol. The van der Waals surface area contributed by atoms with Crippen LogP contribution in [0.4, 0.5) is 5.13 Å². The minimum absolute atomic E-state index is 0.158. The average molecular weight is 317 g/mol. The van der Waals surface area contributed by atoms with Crippen LogP contribution >= 0.6 is 11.3 Å². The largest absolute Gasteiger partial charge is 0.300 e. The van der Waals surface area contributed by atoms with Gasteiger partial charge in [-0.2, -0.15) is 0 Å². The lowest BCUT2D eigenvalue weighted by Crippen LogP contribution is -2.46. The summed E-state index contributed by atoms with van der Waals surface area (Å²) in [4.78, 5) is 42.6. The molecule has 1 saturated carbocycles. The smallest absolute Gasteiger partial charge is 0.249 e. The fourth-order valence-corrected chi connectivity index (χ4v) is 4.45. The number of amides is 3. The normalized spacial score (nSPS) is 33.4. The van der Waals surface area contributed by atoms with Gasteiger partial charge in [-0.1, -0.05) is 12.2 Å². The number of thiazole rings is 1. The maximum atomic E-state index is 12.6. The van der Waals surface area contributed by atoms with Gasteiger partial charge in [-0.3, -0.25) is 19.3 Å². The summed E-state index contributed by atoms with van der Waals surface area (Å²) in [5, 5.41) is 4.87. The first-order valence-electron chi connectivity index (χ1n) is 7.33. The number of rotatable bonds is 3. The van der Waals surface area contributed by atoms with E-state index < -0.39 is 6.04 Å². The lowest BCUT2D eigenvalue weighted by molar-refractivity contribution is -0.146. The number of hydrogen-bond donors (Lipinski definition) is 1. The van der Waals surface area contributed by atoms with Gasteiger partial charge in [0.05, 0.1) is 11.8 Å². The Balaban J connectivity index is 1.54. The zero-order valence-corrected chi connectivity index (χ0v) is 12.7. The Morgan fingerprint density at radius 2 is 1.95 bits per heavy atom. The number of anilines is 1. The van der Waals surface area contributed by atoms with Crippen LogP contribution in [0, 0.1) is 23.7 Å². The van der Waals surface area contributed by atoms with E-state index in [1.54, 1.807) is 18.5 Å². The molecule has 2 aliphatic carbocycles. The third kappa shape index (κ3) is 1.78. The minimum Gasteiger partial charge on any atom is -0.300 e. The Hall–Kier alpha value is -2.02. The third-order valence-corrected chi connectivity index (χ3v) is 5.62. The highest BCUT2D eigenvalue weighted by Crippen LogP contribution is 2.52. The first kappa shape index (κ1) is 13.6. The first-order chi connectivity index (χ1) is 10.6. The molecule has 3 amide bonds. The summed E-state index contributed by atoms with van der Waals surface area (Å²) in [6.45, 7) is 1.59. The lowest BCUT2D eigenvalue weighted by Gasteiger charge is -2.23. The second kappa shape index (κ2) is 4.74. The molecule has 114 valence electrons. The van der Waals surface area contributed by atoms with Crippen molar-refractivity contribution in [2.75, 3.05) is 5.32 Å². The Morgan fingerprint density at radius 1 is 1.32 bits per heavy atom. The maximum Gasteiger partial charge on any atom is 0.249 e. The van der Waals surface area contributed by atoms with Crippen LogP contribution in [0.15, 0.2) is 23.7 Å². The van der Waals surface area contributed by atoms with Gasteiger partial charge in [-0.25, -0.2) is 4.98 Å². The highest BCUT2D eigenvalue weighted by molar-refractivity contribution is 7.13. The molecule has 0 spiro atoms. The van der Waals surface area contributed by atoms with E-state index in [2.05, 4.69) is 10.3 Å². The Bertz CT molecular complexity index is 654. The van der Waals surface area contributed by atoms with Gasteiger partial charge in [0, 0.05) is 11.6 Å². The van der Waals surface area contributed by atoms with Gasteiger partial charge >= 0.3 is 0 Å². The summed E-state index contributed by atoms with van der Waals surface area (Å²) < 4.78 is 0. The van der Waals surface area contributed by atoms with E-state index in [9.17, 15) is 14.4 Å². The Morgan fingerprint density at radius 3 is 2.50 bits per heavy atom. The molecule has 1 aliphatic heterocycles. The average Bonchev–Trinajstić information content (AvgIpc) is 3.24. The molecule has 2 bridgehead atoms.